The molecule has 0 saturated heterocycles. The summed E-state index contributed by atoms with van der Waals surface area (Å²) in [5.74, 6) is 0.746. The van der Waals surface area contributed by atoms with E-state index in [1.807, 2.05) is 0 Å². The maximum absolute atomic E-state index is 2.46. The number of rotatable bonds is 7. The first-order valence-corrected chi connectivity index (χ1v) is 5.91. The molecule has 0 aliphatic carbocycles. The van der Waals surface area contributed by atoms with Crippen LogP contribution in [-0.2, 0) is 0 Å². The van der Waals surface area contributed by atoms with E-state index in [1.165, 1.54) is 38.5 Å². The van der Waals surface area contributed by atoms with Crippen molar-refractivity contribution in [2.24, 2.45) is 5.92 Å². The Hall–Kier alpha value is -0.260. The van der Waals surface area contributed by atoms with Gasteiger partial charge < -0.3 is 0 Å². The zero-order valence-electron chi connectivity index (χ0n) is 9.90. The number of allylic oxidation sites excluding steroid dienone is 2. The van der Waals surface area contributed by atoms with Crippen LogP contribution in [0, 0.1) is 5.92 Å². The average molecular weight is 182 g/mol. The van der Waals surface area contributed by atoms with Crippen molar-refractivity contribution in [2.45, 2.75) is 66.2 Å². The van der Waals surface area contributed by atoms with Gasteiger partial charge in [-0.25, -0.2) is 0 Å². The first-order chi connectivity index (χ1) is 6.22. The summed E-state index contributed by atoms with van der Waals surface area (Å²) in [5, 5.41) is 0. The molecule has 0 heterocycles. The van der Waals surface area contributed by atoms with Crippen molar-refractivity contribution in [3.63, 3.8) is 0 Å². The van der Waals surface area contributed by atoms with E-state index >= 15 is 0 Å². The molecule has 0 aromatic heterocycles. The van der Waals surface area contributed by atoms with Crippen molar-refractivity contribution in [3.8, 4) is 0 Å². The molecule has 0 nitrogen and oxygen atoms in total. The van der Waals surface area contributed by atoms with E-state index < -0.39 is 0 Å². The molecule has 0 aliphatic heterocycles. The van der Waals surface area contributed by atoms with Gasteiger partial charge in [0.2, 0.25) is 0 Å². The predicted octanol–water partition coefficient (Wildman–Crippen LogP) is 4.95. The highest BCUT2D eigenvalue weighted by atomic mass is 14.0. The lowest BCUT2D eigenvalue weighted by atomic mass is 9.99. The topological polar surface area (TPSA) is 0 Å². The first-order valence-electron chi connectivity index (χ1n) is 5.91. The average Bonchev–Trinajstić information content (AvgIpc) is 2.10. The molecule has 0 bridgehead atoms. The highest BCUT2D eigenvalue weighted by molar-refractivity contribution is 5.03. The van der Waals surface area contributed by atoms with E-state index in [0.717, 1.165) is 5.92 Å². The van der Waals surface area contributed by atoms with Crippen LogP contribution in [-0.4, -0.2) is 0 Å². The minimum absolute atomic E-state index is 0.746. The molecule has 0 saturated carbocycles. The van der Waals surface area contributed by atoms with Crippen molar-refractivity contribution >= 4 is 0 Å². The van der Waals surface area contributed by atoms with Crippen LogP contribution >= 0.6 is 0 Å². The van der Waals surface area contributed by atoms with Gasteiger partial charge in [-0.15, -0.1) is 0 Å². The maximum atomic E-state index is 2.46. The maximum Gasteiger partial charge on any atom is -0.0260 e. The Morgan fingerprint density at radius 1 is 1.08 bits per heavy atom. The van der Waals surface area contributed by atoms with Gasteiger partial charge in [0.1, 0.15) is 0 Å². The third-order valence-electron chi connectivity index (χ3n) is 2.61. The van der Waals surface area contributed by atoms with E-state index in [-0.39, 0.29) is 0 Å². The fraction of sp³-hybridized carbons (Fsp3) is 0.846. The lowest BCUT2D eigenvalue weighted by Crippen LogP contribution is -1.92. The van der Waals surface area contributed by atoms with E-state index in [1.54, 1.807) is 5.57 Å². The monoisotopic (exact) mass is 182 g/mol. The molecule has 0 atom stereocenters. The van der Waals surface area contributed by atoms with E-state index in [9.17, 15) is 0 Å². The van der Waals surface area contributed by atoms with Crippen LogP contribution in [0.25, 0.3) is 0 Å². The van der Waals surface area contributed by atoms with Crippen LogP contribution in [0.15, 0.2) is 11.6 Å². The van der Waals surface area contributed by atoms with Gasteiger partial charge in [-0.3, -0.25) is 0 Å². The van der Waals surface area contributed by atoms with Gasteiger partial charge >= 0.3 is 0 Å². The van der Waals surface area contributed by atoms with Crippen molar-refractivity contribution in [1.29, 1.82) is 0 Å². The summed E-state index contributed by atoms with van der Waals surface area (Å²) < 4.78 is 0. The fourth-order valence-corrected chi connectivity index (χ4v) is 1.65. The van der Waals surface area contributed by atoms with Crippen LogP contribution in [0.1, 0.15) is 66.2 Å². The van der Waals surface area contributed by atoms with Gasteiger partial charge in [0, 0.05) is 0 Å². The molecule has 0 fully saturated rings. The highest BCUT2D eigenvalue weighted by Crippen LogP contribution is 2.15. The molecule has 0 rings (SSSR count). The first kappa shape index (κ1) is 12.7. The quantitative estimate of drug-likeness (QED) is 0.386. The summed E-state index contributed by atoms with van der Waals surface area (Å²) in [6.07, 6.45) is 10.5. The summed E-state index contributed by atoms with van der Waals surface area (Å²) in [6.45, 7) is 9.11. The summed E-state index contributed by atoms with van der Waals surface area (Å²) >= 11 is 0. The molecule has 0 amide bonds. The lowest BCUT2D eigenvalue weighted by molar-refractivity contribution is 0.663. The Kier molecular flexibility index (Phi) is 8.18. The molecule has 0 aliphatic rings. The van der Waals surface area contributed by atoms with Crippen LogP contribution in [0.3, 0.4) is 0 Å². The van der Waals surface area contributed by atoms with Crippen molar-refractivity contribution in [3.05, 3.63) is 11.6 Å². The zero-order valence-corrected chi connectivity index (χ0v) is 9.90. The van der Waals surface area contributed by atoms with Gasteiger partial charge in [-0.1, -0.05) is 58.6 Å². The van der Waals surface area contributed by atoms with Crippen LogP contribution < -0.4 is 0 Å². The van der Waals surface area contributed by atoms with Crippen molar-refractivity contribution < 1.29 is 0 Å². The number of hydrogen-bond acceptors (Lipinski definition) is 0. The third-order valence-corrected chi connectivity index (χ3v) is 2.61. The molecule has 13 heavy (non-hydrogen) atoms. The minimum atomic E-state index is 0.746. The van der Waals surface area contributed by atoms with Gasteiger partial charge in [0.15, 0.2) is 0 Å². The smallest absolute Gasteiger partial charge is 0.0260 e. The summed E-state index contributed by atoms with van der Waals surface area (Å²) in [7, 11) is 0. The van der Waals surface area contributed by atoms with Gasteiger partial charge in [0.05, 0.1) is 0 Å². The molecule has 0 spiro atoms. The van der Waals surface area contributed by atoms with E-state index in [4.69, 9.17) is 0 Å². The van der Waals surface area contributed by atoms with Gasteiger partial charge in [-0.05, 0) is 25.2 Å². The molecule has 0 unspecified atom stereocenters. The lowest BCUT2D eigenvalue weighted by Gasteiger charge is -2.08. The van der Waals surface area contributed by atoms with E-state index in [0.29, 0.717) is 0 Å². The van der Waals surface area contributed by atoms with Crippen molar-refractivity contribution in [1.82, 2.24) is 0 Å². The Morgan fingerprint density at radius 2 is 1.77 bits per heavy atom. The van der Waals surface area contributed by atoms with Crippen LogP contribution in [0.5, 0.6) is 0 Å². The second kappa shape index (κ2) is 8.34. The molecule has 0 N–H and O–H groups in total. The second-order valence-corrected chi connectivity index (χ2v) is 4.14. The van der Waals surface area contributed by atoms with Gasteiger partial charge in [0.25, 0.3) is 0 Å². The molecule has 0 radical (unpaired) electrons. The standard InChI is InChI=1S/C13H26/c1-5-7-8-9-10-11-13(6-2)12(3)4/h11-12H,5-10H2,1-4H3. The minimum Gasteiger partial charge on any atom is -0.0851 e. The highest BCUT2D eigenvalue weighted by Gasteiger charge is 1.98. The van der Waals surface area contributed by atoms with E-state index in [2.05, 4.69) is 33.8 Å². The Bertz CT molecular complexity index is 131. The third kappa shape index (κ3) is 6.86. The Labute approximate surface area is 84.4 Å². The number of unbranched alkanes of at least 4 members (excludes halogenated alkanes) is 4. The molecule has 0 aromatic rings. The van der Waals surface area contributed by atoms with Crippen molar-refractivity contribution in [2.75, 3.05) is 0 Å². The van der Waals surface area contributed by atoms with Gasteiger partial charge in [-0.2, -0.15) is 0 Å². The summed E-state index contributed by atoms with van der Waals surface area (Å²) in [5.41, 5.74) is 1.64. The summed E-state index contributed by atoms with van der Waals surface area (Å²) in [6, 6.07) is 0. The zero-order chi connectivity index (χ0) is 10.1. The molecular formula is C13H26. The molecule has 0 aromatic carbocycles. The predicted molar refractivity (Wildman–Crippen MR) is 62.0 cm³/mol. The van der Waals surface area contributed by atoms with Crippen LogP contribution in [0.2, 0.25) is 0 Å². The fourth-order valence-electron chi connectivity index (χ4n) is 1.65. The molecular weight excluding hydrogens is 156 g/mol. The molecule has 0 heteroatoms. The largest absolute Gasteiger partial charge is 0.0851 e. The SMILES string of the molecule is CCCCCCC=C(CC)C(C)C. The Morgan fingerprint density at radius 3 is 2.23 bits per heavy atom. The second-order valence-electron chi connectivity index (χ2n) is 4.14. The normalized spacial score (nSPS) is 12.5. The number of hydrogen-bond donors (Lipinski definition) is 0. The molecule has 78 valence electrons. The summed E-state index contributed by atoms with van der Waals surface area (Å²) in [4.78, 5) is 0. The Balaban J connectivity index is 3.55. The van der Waals surface area contributed by atoms with Crippen LogP contribution in [0.4, 0.5) is 0 Å².